The number of hydrogen-bond acceptors (Lipinski definition) is 1. The highest BCUT2D eigenvalue weighted by Crippen LogP contribution is 2.32. The van der Waals surface area contributed by atoms with Gasteiger partial charge in [-0.15, -0.1) is 0 Å². The summed E-state index contributed by atoms with van der Waals surface area (Å²) < 4.78 is 26.3. The first-order valence-electron chi connectivity index (χ1n) is 6.76. The van der Waals surface area contributed by atoms with Crippen molar-refractivity contribution in [3.8, 4) is 0 Å². The van der Waals surface area contributed by atoms with Gasteiger partial charge in [-0.05, 0) is 28.5 Å². The summed E-state index contributed by atoms with van der Waals surface area (Å²) in [6, 6.07) is 16.0. The van der Waals surface area contributed by atoms with Crippen molar-refractivity contribution in [1.29, 1.82) is 0 Å². The van der Waals surface area contributed by atoms with Crippen LogP contribution in [0.2, 0.25) is 0 Å². The van der Waals surface area contributed by atoms with E-state index in [1.165, 1.54) is 22.4 Å². The molecular weight excluding hydrogens is 268 g/mol. The Labute approximate surface area is 120 Å². The Bertz CT molecular complexity index is 892. The first-order valence-corrected chi connectivity index (χ1v) is 6.76. The van der Waals surface area contributed by atoms with Crippen molar-refractivity contribution in [1.82, 2.24) is 0 Å². The lowest BCUT2D eigenvalue weighted by atomic mass is 10.1. The quantitative estimate of drug-likeness (QED) is 0.607. The van der Waals surface area contributed by atoms with Gasteiger partial charge in [0.05, 0.1) is 11.4 Å². The topological polar surface area (TPSA) is 12.4 Å². The van der Waals surface area contributed by atoms with E-state index < -0.39 is 11.6 Å². The molecule has 0 unspecified atom stereocenters. The lowest BCUT2D eigenvalue weighted by Gasteiger charge is -2.01. The van der Waals surface area contributed by atoms with Crippen LogP contribution < -0.4 is 0 Å². The first kappa shape index (κ1) is 12.2. The minimum absolute atomic E-state index is 0.439. The summed E-state index contributed by atoms with van der Waals surface area (Å²) in [6.07, 6.45) is 0.718. The molecule has 0 atom stereocenters. The number of halogens is 2. The van der Waals surface area contributed by atoms with Crippen molar-refractivity contribution in [3.05, 3.63) is 77.4 Å². The minimum atomic E-state index is -0.870. The van der Waals surface area contributed by atoms with E-state index in [0.29, 0.717) is 5.69 Å². The third-order valence-corrected chi connectivity index (χ3v) is 3.83. The molecule has 0 aliphatic heterocycles. The van der Waals surface area contributed by atoms with Gasteiger partial charge in [-0.25, -0.2) is 8.78 Å². The Kier molecular flexibility index (Phi) is 2.61. The van der Waals surface area contributed by atoms with Gasteiger partial charge < -0.3 is 0 Å². The zero-order valence-corrected chi connectivity index (χ0v) is 11.1. The molecule has 1 aliphatic rings. The second-order valence-electron chi connectivity index (χ2n) is 5.15. The van der Waals surface area contributed by atoms with Gasteiger partial charge in [0, 0.05) is 18.1 Å². The summed E-state index contributed by atoms with van der Waals surface area (Å²) in [4.78, 5) is 4.51. The molecule has 1 nitrogen and oxygen atoms in total. The summed E-state index contributed by atoms with van der Waals surface area (Å²) in [5.74, 6) is -1.72. The van der Waals surface area contributed by atoms with Crippen LogP contribution in [-0.4, -0.2) is 5.71 Å². The highest BCUT2D eigenvalue weighted by molar-refractivity contribution is 6.18. The fourth-order valence-corrected chi connectivity index (χ4v) is 2.89. The molecule has 0 heterocycles. The maximum atomic E-state index is 13.3. The van der Waals surface area contributed by atoms with Crippen molar-refractivity contribution < 1.29 is 8.78 Å². The Balaban J connectivity index is 1.87. The summed E-state index contributed by atoms with van der Waals surface area (Å²) in [7, 11) is 0. The number of hydrogen-bond donors (Lipinski definition) is 0. The van der Waals surface area contributed by atoms with E-state index in [1.807, 2.05) is 18.2 Å². The van der Waals surface area contributed by atoms with E-state index in [0.717, 1.165) is 29.8 Å². The molecular formula is C18H11F2N. The van der Waals surface area contributed by atoms with Gasteiger partial charge in [0.2, 0.25) is 0 Å². The molecule has 1 aliphatic carbocycles. The fourth-order valence-electron chi connectivity index (χ4n) is 2.89. The van der Waals surface area contributed by atoms with Crippen molar-refractivity contribution in [2.24, 2.45) is 4.99 Å². The SMILES string of the molecule is Fc1ccc(N=C2Cc3cccc4cccc2c34)cc1F. The molecule has 0 fully saturated rings. The lowest BCUT2D eigenvalue weighted by Crippen LogP contribution is -1.97. The summed E-state index contributed by atoms with van der Waals surface area (Å²) in [5.41, 5.74) is 3.64. The van der Waals surface area contributed by atoms with Crippen molar-refractivity contribution in [2.75, 3.05) is 0 Å². The molecule has 0 N–H and O–H groups in total. The molecule has 0 radical (unpaired) electrons. The van der Waals surface area contributed by atoms with E-state index >= 15 is 0 Å². The van der Waals surface area contributed by atoms with Crippen LogP contribution in [0.5, 0.6) is 0 Å². The van der Waals surface area contributed by atoms with E-state index in [2.05, 4.69) is 23.2 Å². The molecule has 21 heavy (non-hydrogen) atoms. The highest BCUT2D eigenvalue weighted by Gasteiger charge is 2.19. The third kappa shape index (κ3) is 1.93. The Morgan fingerprint density at radius 3 is 2.48 bits per heavy atom. The molecule has 102 valence electrons. The van der Waals surface area contributed by atoms with Crippen LogP contribution in [0.15, 0.2) is 59.6 Å². The van der Waals surface area contributed by atoms with Gasteiger partial charge in [-0.1, -0.05) is 36.4 Å². The molecule has 0 aromatic heterocycles. The predicted octanol–water partition coefficient (Wildman–Crippen LogP) is 4.79. The van der Waals surface area contributed by atoms with E-state index in [9.17, 15) is 8.78 Å². The summed E-state index contributed by atoms with van der Waals surface area (Å²) >= 11 is 0. The maximum Gasteiger partial charge on any atom is 0.160 e. The van der Waals surface area contributed by atoms with Crippen LogP contribution in [-0.2, 0) is 6.42 Å². The molecule has 3 aromatic carbocycles. The summed E-state index contributed by atoms with van der Waals surface area (Å²) in [5, 5.41) is 2.39. The molecule has 3 heteroatoms. The molecule has 0 saturated heterocycles. The Morgan fingerprint density at radius 2 is 1.67 bits per heavy atom. The molecule has 3 aromatic rings. The maximum absolute atomic E-state index is 13.3. The summed E-state index contributed by atoms with van der Waals surface area (Å²) in [6.45, 7) is 0. The molecule has 0 spiro atoms. The molecule has 0 amide bonds. The van der Waals surface area contributed by atoms with Crippen LogP contribution in [0.1, 0.15) is 11.1 Å². The van der Waals surface area contributed by atoms with E-state index in [-0.39, 0.29) is 0 Å². The standard InChI is InChI=1S/C18H11F2N/c19-15-8-7-13(10-16(15)20)21-17-9-12-5-1-3-11-4-2-6-14(17)18(11)12/h1-8,10H,9H2. The van der Waals surface area contributed by atoms with E-state index in [4.69, 9.17) is 0 Å². The zero-order chi connectivity index (χ0) is 14.4. The smallest absolute Gasteiger partial charge is 0.160 e. The minimum Gasteiger partial charge on any atom is -0.252 e. The second-order valence-corrected chi connectivity index (χ2v) is 5.15. The lowest BCUT2D eigenvalue weighted by molar-refractivity contribution is 0.509. The van der Waals surface area contributed by atoms with Crippen LogP contribution in [0, 0.1) is 11.6 Å². The molecule has 4 rings (SSSR count). The highest BCUT2D eigenvalue weighted by atomic mass is 19.2. The monoisotopic (exact) mass is 279 g/mol. The average Bonchev–Trinajstić information content (AvgIpc) is 2.84. The largest absolute Gasteiger partial charge is 0.252 e. The van der Waals surface area contributed by atoms with Gasteiger partial charge in [0.25, 0.3) is 0 Å². The Morgan fingerprint density at radius 1 is 0.857 bits per heavy atom. The Hall–Kier alpha value is -2.55. The predicted molar refractivity (Wildman–Crippen MR) is 80.2 cm³/mol. The number of nitrogens with zero attached hydrogens (tertiary/aromatic N) is 1. The van der Waals surface area contributed by atoms with E-state index in [1.54, 1.807) is 0 Å². The number of benzene rings is 3. The molecule has 0 saturated carbocycles. The first-order chi connectivity index (χ1) is 10.2. The number of aliphatic imine (C=N–C) groups is 1. The van der Waals surface area contributed by atoms with Gasteiger partial charge in [0.1, 0.15) is 0 Å². The van der Waals surface area contributed by atoms with Crippen LogP contribution in [0.4, 0.5) is 14.5 Å². The zero-order valence-electron chi connectivity index (χ0n) is 11.1. The van der Waals surface area contributed by atoms with Crippen molar-refractivity contribution in [2.45, 2.75) is 6.42 Å². The van der Waals surface area contributed by atoms with Crippen molar-refractivity contribution in [3.63, 3.8) is 0 Å². The third-order valence-electron chi connectivity index (χ3n) is 3.83. The second kappa shape index (κ2) is 4.48. The van der Waals surface area contributed by atoms with Gasteiger partial charge in [-0.3, -0.25) is 4.99 Å². The van der Waals surface area contributed by atoms with Gasteiger partial charge in [0.15, 0.2) is 11.6 Å². The van der Waals surface area contributed by atoms with Gasteiger partial charge >= 0.3 is 0 Å². The average molecular weight is 279 g/mol. The van der Waals surface area contributed by atoms with Crippen molar-refractivity contribution >= 4 is 22.2 Å². The van der Waals surface area contributed by atoms with Crippen LogP contribution in [0.3, 0.4) is 0 Å². The normalized spacial score (nSPS) is 15.0. The fraction of sp³-hybridized carbons (Fsp3) is 0.0556. The van der Waals surface area contributed by atoms with Crippen LogP contribution in [0.25, 0.3) is 10.8 Å². The number of rotatable bonds is 1. The molecule has 0 bridgehead atoms. The van der Waals surface area contributed by atoms with Crippen LogP contribution >= 0.6 is 0 Å². The van der Waals surface area contributed by atoms with Gasteiger partial charge in [-0.2, -0.15) is 0 Å².